The molecule has 1 amide bonds. The van der Waals surface area contributed by atoms with E-state index in [0.29, 0.717) is 5.69 Å². The van der Waals surface area contributed by atoms with Gasteiger partial charge in [-0.15, -0.1) is 0 Å². The van der Waals surface area contributed by atoms with E-state index in [4.69, 9.17) is 14.5 Å². The van der Waals surface area contributed by atoms with Gasteiger partial charge in [-0.25, -0.2) is 0 Å². The summed E-state index contributed by atoms with van der Waals surface area (Å²) in [6.07, 6.45) is 1.38. The van der Waals surface area contributed by atoms with E-state index in [-0.39, 0.29) is 5.91 Å². The molecule has 0 aliphatic carbocycles. The highest BCUT2D eigenvalue weighted by atomic mass is 31.1. The van der Waals surface area contributed by atoms with Crippen LogP contribution in [0.25, 0.3) is 0 Å². The van der Waals surface area contributed by atoms with Crippen LogP contribution in [0.15, 0.2) is 114 Å². The molecule has 2 atom stereocenters. The number of aliphatic imine (C=N–C) groups is 1. The van der Waals surface area contributed by atoms with Gasteiger partial charge in [0.25, 0.3) is 5.91 Å². The third-order valence-electron chi connectivity index (χ3n) is 6.19. The molecule has 0 saturated carbocycles. The standard InChI is InChI=1S/C34H37N2O3P/c1-25(39-34(2,3)4)32(33(37)36-27-20-22-28(38-5)23-21-27)35-24-26-14-12-13-19-31(26)40(29-15-8-6-9-16-29)30-17-10-7-11-18-30/h6-25,32H,1-5H3,(H,36,37)/t25?,32-/m0/s1. The van der Waals surface area contributed by atoms with Crippen molar-refractivity contribution in [1.29, 1.82) is 0 Å². The third-order valence-corrected chi connectivity index (χ3v) is 8.71. The highest BCUT2D eigenvalue weighted by molar-refractivity contribution is 7.80. The second-order valence-corrected chi connectivity index (χ2v) is 12.6. The van der Waals surface area contributed by atoms with Gasteiger partial charge in [-0.05, 0) is 75.8 Å². The minimum atomic E-state index is -0.830. The van der Waals surface area contributed by atoms with Gasteiger partial charge in [0.15, 0.2) is 6.04 Å². The molecule has 0 heterocycles. The maximum Gasteiger partial charge on any atom is 0.251 e. The van der Waals surface area contributed by atoms with Gasteiger partial charge < -0.3 is 14.8 Å². The maximum absolute atomic E-state index is 13.5. The smallest absolute Gasteiger partial charge is 0.251 e. The van der Waals surface area contributed by atoms with Crippen LogP contribution >= 0.6 is 7.92 Å². The third kappa shape index (κ3) is 7.88. The predicted octanol–water partition coefficient (Wildman–Crippen LogP) is 6.08. The molecule has 5 nitrogen and oxygen atoms in total. The fraction of sp³-hybridized carbons (Fsp3) is 0.235. The van der Waals surface area contributed by atoms with Crippen LogP contribution in [0.1, 0.15) is 33.3 Å². The molecule has 0 aromatic heterocycles. The number of anilines is 1. The maximum atomic E-state index is 13.5. The number of rotatable bonds is 10. The van der Waals surface area contributed by atoms with E-state index in [1.165, 1.54) is 15.9 Å². The van der Waals surface area contributed by atoms with Gasteiger partial charge in [-0.2, -0.15) is 0 Å². The first-order valence-corrected chi connectivity index (χ1v) is 14.7. The number of hydrogen-bond donors (Lipinski definition) is 1. The fourth-order valence-electron chi connectivity index (χ4n) is 4.46. The highest BCUT2D eigenvalue weighted by Gasteiger charge is 2.29. The molecule has 4 rings (SSSR count). The van der Waals surface area contributed by atoms with E-state index in [9.17, 15) is 4.79 Å². The average molecular weight is 553 g/mol. The van der Waals surface area contributed by atoms with Crippen molar-refractivity contribution in [3.63, 3.8) is 0 Å². The molecule has 1 unspecified atom stereocenters. The number of nitrogens with zero attached hydrogens (tertiary/aromatic N) is 1. The molecule has 0 aliphatic heterocycles. The molecule has 0 spiro atoms. The van der Waals surface area contributed by atoms with Gasteiger partial charge in [0, 0.05) is 17.5 Å². The van der Waals surface area contributed by atoms with Gasteiger partial charge in [-0.1, -0.05) is 84.9 Å². The van der Waals surface area contributed by atoms with Crippen molar-refractivity contribution in [2.75, 3.05) is 12.4 Å². The van der Waals surface area contributed by atoms with Crippen LogP contribution in [-0.4, -0.2) is 37.0 Å². The molecular weight excluding hydrogens is 515 g/mol. The van der Waals surface area contributed by atoms with Crippen molar-refractivity contribution in [1.82, 2.24) is 0 Å². The first-order valence-electron chi connectivity index (χ1n) is 13.4. The summed E-state index contributed by atoms with van der Waals surface area (Å²) in [6, 6.07) is 35.9. The van der Waals surface area contributed by atoms with Crippen LogP contribution in [0, 0.1) is 0 Å². The molecule has 0 bridgehead atoms. The largest absolute Gasteiger partial charge is 0.497 e. The van der Waals surface area contributed by atoms with Crippen LogP contribution in [-0.2, 0) is 9.53 Å². The van der Waals surface area contributed by atoms with Gasteiger partial charge in [0.1, 0.15) is 5.75 Å². The summed E-state index contributed by atoms with van der Waals surface area (Å²) in [6.45, 7) is 7.84. The summed E-state index contributed by atoms with van der Waals surface area (Å²) in [5.74, 6) is 0.492. The van der Waals surface area contributed by atoms with Crippen LogP contribution in [0.3, 0.4) is 0 Å². The second kappa shape index (κ2) is 13.5. The number of nitrogens with one attached hydrogen (secondary N) is 1. The van der Waals surface area contributed by atoms with E-state index in [0.717, 1.165) is 11.3 Å². The average Bonchev–Trinajstić information content (AvgIpc) is 2.95. The number of carbonyl (C=O) groups excluding carboxylic acids is 1. The van der Waals surface area contributed by atoms with Crippen molar-refractivity contribution in [2.24, 2.45) is 4.99 Å². The number of benzene rings is 4. The van der Waals surface area contributed by atoms with E-state index >= 15 is 0 Å². The Morgan fingerprint density at radius 2 is 1.38 bits per heavy atom. The summed E-state index contributed by atoms with van der Waals surface area (Å²) in [4.78, 5) is 18.4. The first-order chi connectivity index (χ1) is 19.2. The summed E-state index contributed by atoms with van der Waals surface area (Å²) in [5, 5.41) is 6.68. The van der Waals surface area contributed by atoms with E-state index in [1.54, 1.807) is 7.11 Å². The van der Waals surface area contributed by atoms with Crippen molar-refractivity contribution in [3.8, 4) is 5.75 Å². The Morgan fingerprint density at radius 3 is 1.93 bits per heavy atom. The Hall–Kier alpha value is -3.79. The second-order valence-electron chi connectivity index (χ2n) is 10.4. The highest BCUT2D eigenvalue weighted by Crippen LogP contribution is 2.33. The molecule has 4 aromatic carbocycles. The number of methoxy groups -OCH3 is 1. The van der Waals surface area contributed by atoms with E-state index in [2.05, 4.69) is 72.0 Å². The lowest BCUT2D eigenvalue weighted by Crippen LogP contribution is -2.40. The van der Waals surface area contributed by atoms with Crippen LogP contribution in [0.4, 0.5) is 5.69 Å². The summed E-state index contributed by atoms with van der Waals surface area (Å²) < 4.78 is 11.5. The quantitative estimate of drug-likeness (QED) is 0.192. The molecule has 0 radical (unpaired) electrons. The molecule has 0 saturated heterocycles. The molecule has 0 aliphatic rings. The molecule has 1 N–H and O–H groups in total. The van der Waals surface area contributed by atoms with Crippen molar-refractivity contribution in [3.05, 3.63) is 115 Å². The predicted molar refractivity (Wildman–Crippen MR) is 168 cm³/mol. The molecule has 0 fully saturated rings. The Bertz CT molecular complexity index is 1360. The van der Waals surface area contributed by atoms with Gasteiger partial charge in [0.05, 0.1) is 18.8 Å². The molecule has 40 heavy (non-hydrogen) atoms. The Labute approximate surface area is 239 Å². The van der Waals surface area contributed by atoms with Crippen molar-refractivity contribution >= 4 is 41.6 Å². The number of amides is 1. The van der Waals surface area contributed by atoms with Gasteiger partial charge in [0.2, 0.25) is 0 Å². The Balaban J connectivity index is 1.70. The van der Waals surface area contributed by atoms with Crippen LogP contribution in [0.2, 0.25) is 0 Å². The van der Waals surface area contributed by atoms with E-state index < -0.39 is 25.7 Å². The fourth-order valence-corrected chi connectivity index (χ4v) is 6.88. The van der Waals surface area contributed by atoms with Crippen LogP contribution in [0.5, 0.6) is 5.75 Å². The Kier molecular flexibility index (Phi) is 9.87. The first kappa shape index (κ1) is 29.2. The van der Waals surface area contributed by atoms with Crippen LogP contribution < -0.4 is 26.0 Å². The Morgan fingerprint density at radius 1 is 0.825 bits per heavy atom. The van der Waals surface area contributed by atoms with Gasteiger partial charge >= 0.3 is 0 Å². The monoisotopic (exact) mass is 552 g/mol. The van der Waals surface area contributed by atoms with Crippen molar-refractivity contribution < 1.29 is 14.3 Å². The minimum absolute atomic E-state index is 0.232. The molecular formula is C34H37N2O3P. The topological polar surface area (TPSA) is 59.9 Å². The summed E-state index contributed by atoms with van der Waals surface area (Å²) >= 11 is 0. The van der Waals surface area contributed by atoms with Gasteiger partial charge in [-0.3, -0.25) is 9.79 Å². The van der Waals surface area contributed by atoms with E-state index in [1.807, 2.05) is 76.4 Å². The number of hydrogen-bond acceptors (Lipinski definition) is 4. The zero-order valence-electron chi connectivity index (χ0n) is 23.7. The zero-order chi connectivity index (χ0) is 28.5. The lowest BCUT2D eigenvalue weighted by Gasteiger charge is -2.28. The normalized spacial score (nSPS) is 13.2. The number of ether oxygens (including phenoxy) is 2. The summed E-state index contributed by atoms with van der Waals surface area (Å²) in [7, 11) is 0.784. The lowest BCUT2D eigenvalue weighted by molar-refractivity contribution is -0.124. The molecule has 4 aromatic rings. The molecule has 6 heteroatoms. The number of carbonyl (C=O) groups is 1. The minimum Gasteiger partial charge on any atom is -0.497 e. The molecule has 206 valence electrons. The zero-order valence-corrected chi connectivity index (χ0v) is 24.6. The SMILES string of the molecule is COc1ccc(NC(=O)[C@@H](N=Cc2ccccc2P(c2ccccc2)c2ccccc2)C(C)OC(C)(C)C)cc1. The lowest BCUT2D eigenvalue weighted by atomic mass is 10.1. The van der Waals surface area contributed by atoms with Crippen molar-refractivity contribution in [2.45, 2.75) is 45.4 Å². The summed E-state index contributed by atoms with van der Waals surface area (Å²) in [5.41, 5.74) is 1.22.